The Morgan fingerprint density at radius 3 is 2.63 bits per heavy atom. The van der Waals surface area contributed by atoms with Crippen LogP contribution in [-0.4, -0.2) is 11.1 Å². The maximum Gasteiger partial charge on any atom is 0.336 e. The SMILES string of the molecule is O=C(O)c1cc(S)cc2oc3ccccc3c(=O)c12. The standard InChI is InChI=1S/C14H8O4S/c15-13-8-3-1-2-4-10(8)18-11-6-7(19)5-9(12(11)13)14(16)17/h1-6,19H,(H,16,17). The summed E-state index contributed by atoms with van der Waals surface area (Å²) in [6.45, 7) is 0. The van der Waals surface area contributed by atoms with E-state index in [1.165, 1.54) is 6.07 Å². The van der Waals surface area contributed by atoms with Crippen LogP contribution in [0.3, 0.4) is 0 Å². The number of carboxylic acid groups (broad SMARTS) is 1. The fraction of sp³-hybridized carbons (Fsp3) is 0. The second kappa shape index (κ2) is 4.13. The van der Waals surface area contributed by atoms with E-state index < -0.39 is 5.97 Å². The molecule has 94 valence electrons. The van der Waals surface area contributed by atoms with Crippen molar-refractivity contribution in [3.05, 3.63) is 52.2 Å². The second-order valence-electron chi connectivity index (χ2n) is 4.10. The highest BCUT2D eigenvalue weighted by molar-refractivity contribution is 7.80. The molecule has 19 heavy (non-hydrogen) atoms. The van der Waals surface area contributed by atoms with E-state index in [0.29, 0.717) is 15.9 Å². The minimum atomic E-state index is -1.18. The van der Waals surface area contributed by atoms with Crippen LogP contribution in [0.1, 0.15) is 10.4 Å². The highest BCUT2D eigenvalue weighted by atomic mass is 32.1. The fourth-order valence-electron chi connectivity index (χ4n) is 2.08. The summed E-state index contributed by atoms with van der Waals surface area (Å²) in [7, 11) is 0. The van der Waals surface area contributed by atoms with Gasteiger partial charge in [-0.15, -0.1) is 12.6 Å². The smallest absolute Gasteiger partial charge is 0.336 e. The van der Waals surface area contributed by atoms with Gasteiger partial charge < -0.3 is 9.52 Å². The first-order valence-corrected chi connectivity index (χ1v) is 5.94. The van der Waals surface area contributed by atoms with Gasteiger partial charge in [0.1, 0.15) is 11.2 Å². The molecule has 0 aliphatic heterocycles. The lowest BCUT2D eigenvalue weighted by Crippen LogP contribution is -2.08. The summed E-state index contributed by atoms with van der Waals surface area (Å²) in [5.74, 6) is -1.18. The number of benzene rings is 2. The number of rotatable bonds is 1. The summed E-state index contributed by atoms with van der Waals surface area (Å²) in [6, 6.07) is 9.62. The van der Waals surface area contributed by atoms with E-state index >= 15 is 0 Å². The van der Waals surface area contributed by atoms with Gasteiger partial charge in [-0.25, -0.2) is 4.79 Å². The first kappa shape index (κ1) is 11.8. The molecule has 2 aromatic carbocycles. The number of hydrogen-bond acceptors (Lipinski definition) is 4. The number of hydrogen-bond donors (Lipinski definition) is 2. The molecule has 0 bridgehead atoms. The highest BCUT2D eigenvalue weighted by Gasteiger charge is 2.16. The zero-order chi connectivity index (χ0) is 13.6. The van der Waals surface area contributed by atoms with Crippen LogP contribution >= 0.6 is 12.6 Å². The molecule has 0 saturated carbocycles. The van der Waals surface area contributed by atoms with Crippen LogP contribution in [0.15, 0.2) is 50.5 Å². The van der Waals surface area contributed by atoms with Crippen LogP contribution in [0.2, 0.25) is 0 Å². The maximum absolute atomic E-state index is 12.4. The van der Waals surface area contributed by atoms with Crippen molar-refractivity contribution in [1.29, 1.82) is 0 Å². The molecule has 3 aromatic rings. The average Bonchev–Trinajstić information content (AvgIpc) is 2.37. The molecule has 1 N–H and O–H groups in total. The molecule has 0 aliphatic carbocycles. The monoisotopic (exact) mass is 272 g/mol. The zero-order valence-corrected chi connectivity index (χ0v) is 10.5. The summed E-state index contributed by atoms with van der Waals surface area (Å²) in [4.78, 5) is 24.1. The number of aromatic carboxylic acids is 1. The predicted molar refractivity (Wildman–Crippen MR) is 74.2 cm³/mol. The molecule has 0 atom stereocenters. The Hall–Kier alpha value is -2.27. The van der Waals surface area contributed by atoms with Gasteiger partial charge in [0.2, 0.25) is 5.43 Å². The van der Waals surface area contributed by atoms with Crippen molar-refractivity contribution in [3.8, 4) is 0 Å². The molecule has 0 saturated heterocycles. The van der Waals surface area contributed by atoms with Crippen LogP contribution < -0.4 is 5.43 Å². The van der Waals surface area contributed by atoms with Crippen LogP contribution in [0.4, 0.5) is 0 Å². The van der Waals surface area contributed by atoms with Crippen molar-refractivity contribution in [2.45, 2.75) is 4.90 Å². The van der Waals surface area contributed by atoms with Crippen molar-refractivity contribution in [3.63, 3.8) is 0 Å². The Balaban J connectivity index is 2.62. The van der Waals surface area contributed by atoms with Crippen LogP contribution in [-0.2, 0) is 0 Å². The second-order valence-corrected chi connectivity index (χ2v) is 4.62. The molecular weight excluding hydrogens is 264 g/mol. The molecule has 0 unspecified atom stereocenters. The van der Waals surface area contributed by atoms with Crippen molar-refractivity contribution in [2.75, 3.05) is 0 Å². The summed E-state index contributed by atoms with van der Waals surface area (Å²) >= 11 is 4.13. The number of thiol groups is 1. The third-order valence-electron chi connectivity index (χ3n) is 2.90. The Bertz CT molecular complexity index is 880. The van der Waals surface area contributed by atoms with E-state index in [-0.39, 0.29) is 22.0 Å². The normalized spacial score (nSPS) is 11.0. The van der Waals surface area contributed by atoms with Gasteiger partial charge in [-0.1, -0.05) is 12.1 Å². The summed E-state index contributed by atoms with van der Waals surface area (Å²) in [5.41, 5.74) is 0.216. The Kier molecular flexibility index (Phi) is 2.57. The molecule has 1 heterocycles. The van der Waals surface area contributed by atoms with Crippen molar-refractivity contribution < 1.29 is 14.3 Å². The van der Waals surface area contributed by atoms with E-state index in [1.807, 2.05) is 0 Å². The number of para-hydroxylation sites is 1. The third kappa shape index (κ3) is 1.79. The van der Waals surface area contributed by atoms with Crippen LogP contribution in [0.5, 0.6) is 0 Å². The van der Waals surface area contributed by atoms with Gasteiger partial charge in [-0.05, 0) is 24.3 Å². The van der Waals surface area contributed by atoms with Crippen molar-refractivity contribution in [1.82, 2.24) is 0 Å². The lowest BCUT2D eigenvalue weighted by atomic mass is 10.1. The summed E-state index contributed by atoms with van der Waals surface area (Å²) in [6.07, 6.45) is 0. The highest BCUT2D eigenvalue weighted by Crippen LogP contribution is 2.24. The lowest BCUT2D eigenvalue weighted by molar-refractivity contribution is 0.0698. The van der Waals surface area contributed by atoms with Gasteiger partial charge >= 0.3 is 5.97 Å². The van der Waals surface area contributed by atoms with Gasteiger partial charge in [0.25, 0.3) is 0 Å². The van der Waals surface area contributed by atoms with E-state index in [1.54, 1.807) is 30.3 Å². The molecule has 0 radical (unpaired) electrons. The molecule has 3 rings (SSSR count). The lowest BCUT2D eigenvalue weighted by Gasteiger charge is -2.05. The van der Waals surface area contributed by atoms with E-state index in [2.05, 4.69) is 12.6 Å². The van der Waals surface area contributed by atoms with E-state index in [9.17, 15) is 14.7 Å². The molecule has 0 aliphatic rings. The summed E-state index contributed by atoms with van der Waals surface area (Å²) in [5, 5.41) is 9.63. The summed E-state index contributed by atoms with van der Waals surface area (Å²) < 4.78 is 5.59. The molecule has 0 spiro atoms. The van der Waals surface area contributed by atoms with E-state index in [0.717, 1.165) is 0 Å². The Morgan fingerprint density at radius 2 is 1.89 bits per heavy atom. The molecule has 0 fully saturated rings. The topological polar surface area (TPSA) is 67.5 Å². The number of carbonyl (C=O) groups is 1. The van der Waals surface area contributed by atoms with Gasteiger partial charge in [-0.3, -0.25) is 4.79 Å². The van der Waals surface area contributed by atoms with Crippen LogP contribution in [0, 0.1) is 0 Å². The first-order valence-electron chi connectivity index (χ1n) is 5.50. The maximum atomic E-state index is 12.4. The van der Waals surface area contributed by atoms with Gasteiger partial charge in [0.05, 0.1) is 16.3 Å². The largest absolute Gasteiger partial charge is 0.478 e. The molecule has 1 aromatic heterocycles. The zero-order valence-electron chi connectivity index (χ0n) is 9.58. The molecule has 5 heteroatoms. The molecule has 0 amide bonds. The Labute approximate surface area is 112 Å². The Morgan fingerprint density at radius 1 is 1.16 bits per heavy atom. The third-order valence-corrected chi connectivity index (χ3v) is 3.15. The quantitative estimate of drug-likeness (QED) is 0.528. The average molecular weight is 272 g/mol. The van der Waals surface area contributed by atoms with Gasteiger partial charge in [0, 0.05) is 4.90 Å². The fourth-order valence-corrected chi connectivity index (χ4v) is 2.33. The first-order chi connectivity index (χ1) is 9.08. The van der Waals surface area contributed by atoms with Crippen molar-refractivity contribution in [2.24, 2.45) is 0 Å². The minimum Gasteiger partial charge on any atom is -0.478 e. The van der Waals surface area contributed by atoms with E-state index in [4.69, 9.17) is 4.42 Å². The minimum absolute atomic E-state index is 0.0731. The molecular formula is C14H8O4S. The van der Waals surface area contributed by atoms with Gasteiger partial charge in [0.15, 0.2) is 0 Å². The number of carboxylic acids is 1. The van der Waals surface area contributed by atoms with Crippen LogP contribution in [0.25, 0.3) is 21.9 Å². The molecule has 4 nitrogen and oxygen atoms in total. The number of fused-ring (bicyclic) bond motifs is 2. The van der Waals surface area contributed by atoms with Gasteiger partial charge in [-0.2, -0.15) is 0 Å². The predicted octanol–water partition coefficient (Wildman–Crippen LogP) is 2.93. The van der Waals surface area contributed by atoms with Crippen molar-refractivity contribution >= 4 is 40.5 Å².